The number of anilines is 1. The lowest BCUT2D eigenvalue weighted by molar-refractivity contribution is -0.143. The summed E-state index contributed by atoms with van der Waals surface area (Å²) in [7, 11) is 0. The van der Waals surface area contributed by atoms with Gasteiger partial charge in [0.15, 0.2) is 0 Å². The molecule has 12 heteroatoms. The van der Waals surface area contributed by atoms with Crippen molar-refractivity contribution in [3.05, 3.63) is 94.5 Å². The third kappa shape index (κ3) is 4.96. The quantitative estimate of drug-likeness (QED) is 0.399. The van der Waals surface area contributed by atoms with Crippen LogP contribution < -0.4 is 21.1 Å². The van der Waals surface area contributed by atoms with Crippen LogP contribution in [0.5, 0.6) is 0 Å². The van der Waals surface area contributed by atoms with Gasteiger partial charge in [-0.05, 0) is 41.5 Å². The van der Waals surface area contributed by atoms with Crippen molar-refractivity contribution in [1.29, 1.82) is 0 Å². The Morgan fingerprint density at radius 2 is 1.51 bits per heavy atom. The molecule has 0 bridgehead atoms. The molecule has 2 heterocycles. The van der Waals surface area contributed by atoms with Crippen molar-refractivity contribution in [2.24, 2.45) is 4.99 Å². The number of aliphatic imine (C=N–C) groups is 1. The highest BCUT2D eigenvalue weighted by Crippen LogP contribution is 2.39. The van der Waals surface area contributed by atoms with Crippen LogP contribution in [0.4, 0.5) is 42.5 Å². The van der Waals surface area contributed by atoms with Crippen LogP contribution in [0.15, 0.2) is 71.7 Å². The van der Waals surface area contributed by atoms with Crippen LogP contribution in [-0.4, -0.2) is 25.0 Å². The number of hydrazine groups is 1. The van der Waals surface area contributed by atoms with Gasteiger partial charge in [0.1, 0.15) is 5.84 Å². The Morgan fingerprint density at radius 3 is 2.11 bits per heavy atom. The minimum Gasteiger partial charge on any atom is -0.336 e. The lowest BCUT2D eigenvalue weighted by atomic mass is 9.92. The molecule has 3 N–H and O–H groups in total. The average Bonchev–Trinajstić information content (AvgIpc) is 3.29. The standard InChI is InChI=1S/C25H19F6N5O/c26-24(27,28)15-11-16(25(29,30)31)13-17(12-15)33-22-20-4-2-1-3-19(20)21(34-35-22)14-5-7-18(8-6-14)36-10-9-32-23(36)37/h1-8,11-13,21,34H,9-10H2,(H,32,37)(H,33,35). The maximum atomic E-state index is 13.3. The number of carbonyl (C=O) groups is 1. The molecule has 3 aromatic carbocycles. The summed E-state index contributed by atoms with van der Waals surface area (Å²) >= 11 is 0. The van der Waals surface area contributed by atoms with Crippen LogP contribution in [0.1, 0.15) is 33.9 Å². The summed E-state index contributed by atoms with van der Waals surface area (Å²) in [6, 6.07) is 14.8. The molecule has 6 nitrogen and oxygen atoms in total. The molecule has 37 heavy (non-hydrogen) atoms. The van der Waals surface area contributed by atoms with E-state index < -0.39 is 35.2 Å². The minimum atomic E-state index is -4.97. The van der Waals surface area contributed by atoms with E-state index in [9.17, 15) is 31.1 Å². The van der Waals surface area contributed by atoms with Gasteiger partial charge in [-0.3, -0.25) is 4.90 Å². The lowest BCUT2D eigenvalue weighted by Crippen LogP contribution is -2.46. The first-order chi connectivity index (χ1) is 17.5. The number of hydrogen-bond donors (Lipinski definition) is 3. The number of amidine groups is 1. The molecule has 192 valence electrons. The van der Waals surface area contributed by atoms with Gasteiger partial charge in [-0.1, -0.05) is 36.4 Å². The van der Waals surface area contributed by atoms with Gasteiger partial charge in [-0.2, -0.15) is 26.3 Å². The second-order valence-electron chi connectivity index (χ2n) is 8.49. The van der Waals surface area contributed by atoms with E-state index in [1.54, 1.807) is 41.3 Å². The van der Waals surface area contributed by atoms with Gasteiger partial charge in [-0.25, -0.2) is 15.2 Å². The molecule has 3 aromatic rings. The van der Waals surface area contributed by atoms with Crippen molar-refractivity contribution in [2.45, 2.75) is 18.4 Å². The summed E-state index contributed by atoms with van der Waals surface area (Å²) in [4.78, 5) is 17.6. The Hall–Kier alpha value is -4.06. The Labute approximate surface area is 207 Å². The van der Waals surface area contributed by atoms with Crippen molar-refractivity contribution >= 4 is 23.2 Å². The molecule has 0 saturated carbocycles. The molecule has 0 aromatic heterocycles. The predicted octanol–water partition coefficient (Wildman–Crippen LogP) is 5.53. The molecular formula is C25H19F6N5O. The van der Waals surface area contributed by atoms with Gasteiger partial charge >= 0.3 is 18.4 Å². The van der Waals surface area contributed by atoms with Crippen LogP contribution in [-0.2, 0) is 12.4 Å². The lowest BCUT2D eigenvalue weighted by Gasteiger charge is -2.30. The minimum absolute atomic E-state index is 0.0651. The fraction of sp³-hybridized carbons (Fsp3) is 0.200. The van der Waals surface area contributed by atoms with Crippen LogP contribution >= 0.6 is 0 Å². The summed E-state index contributed by atoms with van der Waals surface area (Å²) in [5, 5.41) is 2.73. The molecule has 2 amide bonds. The molecular weight excluding hydrogens is 500 g/mol. The zero-order chi connectivity index (χ0) is 26.4. The molecule has 1 fully saturated rings. The Bertz CT molecular complexity index is 1330. The summed E-state index contributed by atoms with van der Waals surface area (Å²) in [6.45, 7) is 1.11. The number of amides is 2. The van der Waals surface area contributed by atoms with Crippen LogP contribution in [0.3, 0.4) is 0 Å². The van der Waals surface area contributed by atoms with E-state index in [1.165, 1.54) is 0 Å². The van der Waals surface area contributed by atoms with Crippen LogP contribution in [0.25, 0.3) is 0 Å². The first kappa shape index (κ1) is 24.6. The third-order valence-corrected chi connectivity index (χ3v) is 6.07. The van der Waals surface area contributed by atoms with E-state index in [-0.39, 0.29) is 17.9 Å². The smallest absolute Gasteiger partial charge is 0.336 e. The van der Waals surface area contributed by atoms with Crippen molar-refractivity contribution < 1.29 is 31.1 Å². The Morgan fingerprint density at radius 1 is 0.865 bits per heavy atom. The maximum absolute atomic E-state index is 13.3. The van der Waals surface area contributed by atoms with Gasteiger partial charge in [0.25, 0.3) is 0 Å². The van der Waals surface area contributed by atoms with E-state index in [0.717, 1.165) is 16.8 Å². The van der Waals surface area contributed by atoms with Crippen molar-refractivity contribution in [2.75, 3.05) is 18.0 Å². The van der Waals surface area contributed by atoms with Gasteiger partial charge < -0.3 is 10.7 Å². The van der Waals surface area contributed by atoms with Crippen LogP contribution in [0.2, 0.25) is 0 Å². The highest BCUT2D eigenvalue weighted by molar-refractivity contribution is 6.02. The van der Waals surface area contributed by atoms with Crippen molar-refractivity contribution in [3.63, 3.8) is 0 Å². The highest BCUT2D eigenvalue weighted by atomic mass is 19.4. The topological polar surface area (TPSA) is 68.8 Å². The first-order valence-electron chi connectivity index (χ1n) is 11.1. The molecule has 1 saturated heterocycles. The summed E-state index contributed by atoms with van der Waals surface area (Å²) in [6.07, 6.45) is -9.95. The van der Waals surface area contributed by atoms with E-state index in [4.69, 9.17) is 0 Å². The number of carbonyl (C=O) groups excluding carboxylic acids is 1. The molecule has 1 unspecified atom stereocenters. The summed E-state index contributed by atoms with van der Waals surface area (Å²) in [5.41, 5.74) is 5.26. The number of alkyl halides is 6. The fourth-order valence-electron chi connectivity index (χ4n) is 4.30. The molecule has 0 aliphatic carbocycles. The van der Waals surface area contributed by atoms with E-state index in [1.807, 2.05) is 12.1 Å². The number of halogens is 6. The molecule has 2 aliphatic heterocycles. The SMILES string of the molecule is O=C1NCCN1c1ccc(C2NNC(=Nc3cc(C(F)(F)F)cc(C(F)(F)F)c3)c3ccccc32)cc1. The first-order valence-corrected chi connectivity index (χ1v) is 11.1. The number of urea groups is 1. The highest BCUT2D eigenvalue weighted by Gasteiger charge is 2.37. The van der Waals surface area contributed by atoms with Crippen molar-refractivity contribution in [3.8, 4) is 0 Å². The zero-order valence-electron chi connectivity index (χ0n) is 18.9. The second kappa shape index (κ2) is 9.11. The number of nitrogens with zero attached hydrogens (tertiary/aromatic N) is 2. The summed E-state index contributed by atoms with van der Waals surface area (Å²) < 4.78 is 79.6. The van der Waals surface area contributed by atoms with Gasteiger partial charge in [0, 0.05) is 24.3 Å². The largest absolute Gasteiger partial charge is 0.416 e. The number of hydrogen-bond acceptors (Lipinski definition) is 3. The van der Waals surface area contributed by atoms with E-state index in [2.05, 4.69) is 21.2 Å². The number of rotatable bonds is 3. The van der Waals surface area contributed by atoms with Gasteiger partial charge in [0.05, 0.1) is 22.9 Å². The second-order valence-corrected chi connectivity index (χ2v) is 8.49. The normalized spacial score (nSPS) is 19.0. The van der Waals surface area contributed by atoms with E-state index >= 15 is 0 Å². The molecule has 0 radical (unpaired) electrons. The summed E-state index contributed by atoms with van der Waals surface area (Å²) in [5.74, 6) is 0.0738. The fourth-order valence-corrected chi connectivity index (χ4v) is 4.30. The van der Waals surface area contributed by atoms with Crippen molar-refractivity contribution in [1.82, 2.24) is 16.2 Å². The molecule has 2 aliphatic rings. The molecule has 0 spiro atoms. The van der Waals surface area contributed by atoms with Gasteiger partial charge in [0.2, 0.25) is 0 Å². The zero-order valence-corrected chi connectivity index (χ0v) is 18.9. The third-order valence-electron chi connectivity index (χ3n) is 6.07. The monoisotopic (exact) mass is 519 g/mol. The van der Waals surface area contributed by atoms with Crippen LogP contribution in [0, 0.1) is 0 Å². The predicted molar refractivity (Wildman–Crippen MR) is 124 cm³/mol. The number of benzene rings is 3. The van der Waals surface area contributed by atoms with Gasteiger partial charge in [-0.15, -0.1) is 0 Å². The Kier molecular flexibility index (Phi) is 6.06. The number of fused-ring (bicyclic) bond motifs is 1. The number of nitrogens with one attached hydrogen (secondary N) is 3. The van der Waals surface area contributed by atoms with E-state index in [0.29, 0.717) is 30.8 Å². The maximum Gasteiger partial charge on any atom is 0.416 e. The Balaban J connectivity index is 1.50. The average molecular weight is 519 g/mol. The molecule has 1 atom stereocenters. The molecule has 5 rings (SSSR count).